The molecule has 5 rings (SSSR count). The molecule has 0 bridgehead atoms. The van der Waals surface area contributed by atoms with Crippen LogP contribution in [0.25, 0.3) is 34.1 Å². The van der Waals surface area contributed by atoms with E-state index in [1.807, 2.05) is 48.1 Å². The Labute approximate surface area is 301 Å². The lowest BCUT2D eigenvalue weighted by molar-refractivity contribution is 0.0940. The van der Waals surface area contributed by atoms with Crippen LogP contribution in [-0.4, -0.2) is 75.1 Å². The third-order valence-corrected chi connectivity index (χ3v) is 12.3. The molecular formula is C39H57N5O4Si2. The van der Waals surface area contributed by atoms with Crippen LogP contribution >= 0.6 is 0 Å². The molecule has 3 aromatic heterocycles. The highest BCUT2D eigenvalue weighted by molar-refractivity contribution is 6.76. The number of rotatable bonds is 18. The second-order valence-electron chi connectivity index (χ2n) is 15.6. The topological polar surface area (TPSA) is 83.2 Å². The van der Waals surface area contributed by atoms with Crippen molar-refractivity contribution in [1.29, 1.82) is 0 Å². The fourth-order valence-corrected chi connectivity index (χ4v) is 7.38. The normalized spacial score (nSPS) is 14.5. The lowest BCUT2D eigenvalue weighted by Gasteiger charge is -2.29. The highest BCUT2D eigenvalue weighted by Crippen LogP contribution is 2.36. The maximum Gasteiger partial charge on any atom is 0.227 e. The van der Waals surface area contributed by atoms with E-state index in [2.05, 4.69) is 68.4 Å². The number of pyridine rings is 1. The maximum absolute atomic E-state index is 6.82. The predicted octanol–water partition coefficient (Wildman–Crippen LogP) is 9.61. The fourth-order valence-electron chi connectivity index (χ4n) is 5.87. The molecular weight excluding hydrogens is 659 g/mol. The Balaban J connectivity index is 1.61. The summed E-state index contributed by atoms with van der Waals surface area (Å²) in [5.41, 5.74) is 5.30. The van der Waals surface area contributed by atoms with E-state index in [1.54, 1.807) is 6.26 Å². The monoisotopic (exact) mass is 715 g/mol. The molecule has 0 radical (unpaired) electrons. The van der Waals surface area contributed by atoms with Crippen molar-refractivity contribution in [1.82, 2.24) is 19.6 Å². The van der Waals surface area contributed by atoms with Gasteiger partial charge in [-0.25, -0.2) is 0 Å². The summed E-state index contributed by atoms with van der Waals surface area (Å²) in [5, 5.41) is 4.97. The maximum atomic E-state index is 6.82. The summed E-state index contributed by atoms with van der Waals surface area (Å²) < 4.78 is 27.3. The first-order valence-corrected chi connectivity index (χ1v) is 25.7. The first-order chi connectivity index (χ1) is 24.0. The number of fused-ring (bicyclic) bond motifs is 1. The SMILES string of the molecule is CCO/C=C\c1c(OC2CCCCC2)nc2c(-c3ccc(-c4ccccc4)nc3)cnn2c1N(COCC[Si](C)(C)C)COCC[Si](C)(C)C. The van der Waals surface area contributed by atoms with Crippen LogP contribution in [0.5, 0.6) is 5.88 Å². The fraction of sp³-hybridized carbons (Fsp3) is 0.513. The minimum atomic E-state index is -1.28. The Hall–Kier alpha value is -3.52. The van der Waals surface area contributed by atoms with Crippen molar-refractivity contribution < 1.29 is 18.9 Å². The molecule has 1 aliphatic rings. The summed E-state index contributed by atoms with van der Waals surface area (Å²) in [5.74, 6) is 1.37. The number of hydrogen-bond donors (Lipinski definition) is 0. The molecule has 9 nitrogen and oxygen atoms in total. The van der Waals surface area contributed by atoms with Crippen molar-refractivity contribution in [3.8, 4) is 28.3 Å². The smallest absolute Gasteiger partial charge is 0.227 e. The van der Waals surface area contributed by atoms with Crippen molar-refractivity contribution >= 4 is 33.7 Å². The lowest BCUT2D eigenvalue weighted by Crippen LogP contribution is -2.34. The van der Waals surface area contributed by atoms with E-state index in [4.69, 9.17) is 34.0 Å². The van der Waals surface area contributed by atoms with Gasteiger partial charge in [0.1, 0.15) is 25.4 Å². The number of anilines is 1. The molecule has 4 aromatic rings. The molecule has 0 atom stereocenters. The molecule has 0 unspecified atom stereocenters. The van der Waals surface area contributed by atoms with Crippen LogP contribution < -0.4 is 9.64 Å². The standard InChI is InChI=1S/C39H57N5O4Si2/c1-8-45-22-21-34-38(48-33-17-13-10-14-18-33)42-37-35(32-19-20-36(40-27-32)31-15-11-9-12-16-31)28-41-44(37)39(34)43(29-46-23-25-49(2,3)4)30-47-24-26-50(5,6)7/h9,11-12,15-16,19-22,27-28,33H,8,10,13-14,17-18,23-26,29-30H2,1-7H3/b22-21-. The second kappa shape index (κ2) is 17.6. The summed E-state index contributed by atoms with van der Waals surface area (Å²) in [6.45, 7) is 18.8. The molecule has 0 amide bonds. The van der Waals surface area contributed by atoms with Gasteiger partial charge in [-0.2, -0.15) is 14.6 Å². The molecule has 1 saturated carbocycles. The molecule has 270 valence electrons. The van der Waals surface area contributed by atoms with E-state index in [-0.39, 0.29) is 6.10 Å². The highest BCUT2D eigenvalue weighted by Gasteiger charge is 2.27. The number of ether oxygens (including phenoxy) is 4. The lowest BCUT2D eigenvalue weighted by atomic mass is 9.98. The minimum Gasteiger partial charge on any atom is -0.501 e. The van der Waals surface area contributed by atoms with Gasteiger partial charge in [-0.15, -0.1) is 0 Å². The van der Waals surface area contributed by atoms with E-state index in [0.29, 0.717) is 44.8 Å². The van der Waals surface area contributed by atoms with Crippen molar-refractivity contribution in [2.75, 3.05) is 38.2 Å². The van der Waals surface area contributed by atoms with Crippen LogP contribution in [0, 0.1) is 0 Å². The number of benzene rings is 1. The second-order valence-corrected chi connectivity index (χ2v) is 26.9. The third-order valence-electron chi connectivity index (χ3n) is 8.88. The average molecular weight is 716 g/mol. The van der Waals surface area contributed by atoms with Gasteiger partial charge in [0.05, 0.1) is 30.3 Å². The van der Waals surface area contributed by atoms with Crippen LogP contribution in [0.2, 0.25) is 51.4 Å². The van der Waals surface area contributed by atoms with Crippen LogP contribution in [-0.2, 0) is 14.2 Å². The summed E-state index contributed by atoms with van der Waals surface area (Å²) in [4.78, 5) is 12.2. The predicted molar refractivity (Wildman–Crippen MR) is 210 cm³/mol. The van der Waals surface area contributed by atoms with Crippen molar-refractivity contribution in [3.05, 3.63) is 66.7 Å². The molecule has 11 heteroatoms. The van der Waals surface area contributed by atoms with Gasteiger partial charge in [0.15, 0.2) is 5.65 Å². The minimum absolute atomic E-state index is 0.0958. The third kappa shape index (κ3) is 10.7. The Kier molecular flexibility index (Phi) is 13.3. The molecule has 1 aromatic carbocycles. The Morgan fingerprint density at radius 2 is 1.52 bits per heavy atom. The molecule has 0 aliphatic heterocycles. The van der Waals surface area contributed by atoms with Gasteiger partial charge < -0.3 is 23.8 Å². The number of nitrogens with zero attached hydrogens (tertiary/aromatic N) is 5. The molecule has 1 fully saturated rings. The summed E-state index contributed by atoms with van der Waals surface area (Å²) in [7, 11) is -2.57. The van der Waals surface area contributed by atoms with Gasteiger partial charge in [0, 0.05) is 52.2 Å². The van der Waals surface area contributed by atoms with Crippen molar-refractivity contribution in [3.63, 3.8) is 0 Å². The summed E-state index contributed by atoms with van der Waals surface area (Å²) in [6, 6.07) is 16.5. The molecule has 1 aliphatic carbocycles. The molecule has 50 heavy (non-hydrogen) atoms. The van der Waals surface area contributed by atoms with Gasteiger partial charge in [-0.3, -0.25) is 4.98 Å². The van der Waals surface area contributed by atoms with Gasteiger partial charge >= 0.3 is 0 Å². The van der Waals surface area contributed by atoms with E-state index >= 15 is 0 Å². The number of hydrogen-bond acceptors (Lipinski definition) is 8. The number of aromatic nitrogens is 4. The summed E-state index contributed by atoms with van der Waals surface area (Å²) in [6.07, 6.45) is 13.1. The van der Waals surface area contributed by atoms with Crippen molar-refractivity contribution in [2.45, 2.75) is 96.5 Å². The van der Waals surface area contributed by atoms with Crippen LogP contribution in [0.15, 0.2) is 61.1 Å². The van der Waals surface area contributed by atoms with Crippen LogP contribution in [0.3, 0.4) is 0 Å². The average Bonchev–Trinajstić information content (AvgIpc) is 3.51. The Bertz CT molecular complexity index is 1640. The van der Waals surface area contributed by atoms with Crippen LogP contribution in [0.4, 0.5) is 5.82 Å². The molecule has 0 N–H and O–H groups in total. The van der Waals surface area contributed by atoms with Gasteiger partial charge in [-0.1, -0.05) is 82.1 Å². The van der Waals surface area contributed by atoms with Gasteiger partial charge in [0.25, 0.3) is 0 Å². The molecule has 3 heterocycles. The zero-order valence-corrected chi connectivity index (χ0v) is 33.3. The van der Waals surface area contributed by atoms with Crippen molar-refractivity contribution in [2.24, 2.45) is 0 Å². The van der Waals surface area contributed by atoms with E-state index in [9.17, 15) is 0 Å². The molecule has 0 saturated heterocycles. The highest BCUT2D eigenvalue weighted by atomic mass is 28.3. The van der Waals surface area contributed by atoms with Gasteiger partial charge in [-0.05, 0) is 56.8 Å². The van der Waals surface area contributed by atoms with E-state index < -0.39 is 16.1 Å². The molecule has 0 spiro atoms. The quantitative estimate of drug-likeness (QED) is 0.0436. The largest absolute Gasteiger partial charge is 0.501 e. The van der Waals surface area contributed by atoms with Gasteiger partial charge in [0.2, 0.25) is 5.88 Å². The van der Waals surface area contributed by atoms with Crippen LogP contribution in [0.1, 0.15) is 44.6 Å². The Morgan fingerprint density at radius 3 is 2.12 bits per heavy atom. The zero-order valence-electron chi connectivity index (χ0n) is 31.3. The summed E-state index contributed by atoms with van der Waals surface area (Å²) >= 11 is 0. The van der Waals surface area contributed by atoms with E-state index in [1.165, 1.54) is 6.42 Å². The van der Waals surface area contributed by atoms with E-state index in [0.717, 1.165) is 71.5 Å². The first-order valence-electron chi connectivity index (χ1n) is 18.3. The first kappa shape index (κ1) is 37.7. The Morgan fingerprint density at radius 1 is 0.840 bits per heavy atom. The zero-order chi connectivity index (χ0) is 35.6.